The van der Waals surface area contributed by atoms with E-state index in [2.05, 4.69) is 10.6 Å². The molecule has 0 radical (unpaired) electrons. The number of rotatable bonds is 7. The lowest BCUT2D eigenvalue weighted by Crippen LogP contribution is -2.30. The molecule has 2 aromatic carbocycles. The summed E-state index contributed by atoms with van der Waals surface area (Å²) >= 11 is 0. The van der Waals surface area contributed by atoms with E-state index < -0.39 is 22.9 Å². The number of nitrogens with one attached hydrogen (secondary N) is 2. The number of hydrogen-bond acceptors (Lipinski definition) is 7. The molecule has 2 N–H and O–H groups in total. The lowest BCUT2D eigenvalue weighted by atomic mass is 10.1. The molecule has 0 spiro atoms. The van der Waals surface area contributed by atoms with Crippen molar-refractivity contribution in [2.75, 3.05) is 17.7 Å². The zero-order valence-corrected chi connectivity index (χ0v) is 15.5. The monoisotopic (exact) mass is 385 g/mol. The SMILES string of the molecule is CNc1ccc(C(=O)O[C@@H](C)C(=O)Nc2cccc(C(C)=O)c2)cc1[N+](=O)[O-]. The average Bonchev–Trinajstić information content (AvgIpc) is 2.67. The number of Topliss-reactive ketones (excluding diaryl/α,β-unsaturated/α-hetero) is 1. The molecule has 0 saturated heterocycles. The first kappa shape index (κ1) is 20.6. The molecule has 0 heterocycles. The molecule has 0 bridgehead atoms. The maximum Gasteiger partial charge on any atom is 0.339 e. The third-order valence-electron chi connectivity index (χ3n) is 3.89. The Balaban J connectivity index is 2.08. The van der Waals surface area contributed by atoms with E-state index in [4.69, 9.17) is 4.74 Å². The number of carbonyl (C=O) groups excluding carboxylic acids is 3. The zero-order valence-electron chi connectivity index (χ0n) is 15.5. The van der Waals surface area contributed by atoms with Crippen molar-refractivity contribution < 1.29 is 24.0 Å². The molecule has 1 amide bonds. The van der Waals surface area contributed by atoms with Crippen LogP contribution in [0.25, 0.3) is 0 Å². The number of nitrogens with zero attached hydrogens (tertiary/aromatic N) is 1. The van der Waals surface area contributed by atoms with Crippen molar-refractivity contribution in [2.24, 2.45) is 0 Å². The molecule has 9 heteroatoms. The van der Waals surface area contributed by atoms with Gasteiger partial charge in [-0.15, -0.1) is 0 Å². The summed E-state index contributed by atoms with van der Waals surface area (Å²) in [4.78, 5) is 46.4. The molecule has 2 aromatic rings. The van der Waals surface area contributed by atoms with Gasteiger partial charge in [-0.1, -0.05) is 12.1 Å². The summed E-state index contributed by atoms with van der Waals surface area (Å²) in [6.45, 7) is 2.78. The Morgan fingerprint density at radius 3 is 2.43 bits per heavy atom. The van der Waals surface area contributed by atoms with Crippen molar-refractivity contribution >= 4 is 34.7 Å². The van der Waals surface area contributed by atoms with Gasteiger partial charge in [0.1, 0.15) is 5.69 Å². The molecule has 1 atom stereocenters. The summed E-state index contributed by atoms with van der Waals surface area (Å²) in [6.07, 6.45) is -1.16. The smallest absolute Gasteiger partial charge is 0.339 e. The minimum absolute atomic E-state index is 0.0519. The second kappa shape index (κ2) is 8.76. The van der Waals surface area contributed by atoms with E-state index in [9.17, 15) is 24.5 Å². The van der Waals surface area contributed by atoms with Crippen molar-refractivity contribution in [3.8, 4) is 0 Å². The standard InChI is InChI=1S/C19H19N3O6/c1-11(23)13-5-4-6-15(9-13)21-18(24)12(2)28-19(25)14-7-8-16(20-3)17(10-14)22(26)27/h4-10,12,20H,1-3H3,(H,21,24)/t12-/m0/s1. The number of benzene rings is 2. The van der Waals surface area contributed by atoms with E-state index in [-0.39, 0.29) is 22.7 Å². The van der Waals surface area contributed by atoms with Crippen molar-refractivity contribution in [3.63, 3.8) is 0 Å². The lowest BCUT2D eigenvalue weighted by Gasteiger charge is -2.14. The predicted molar refractivity (Wildman–Crippen MR) is 103 cm³/mol. The lowest BCUT2D eigenvalue weighted by molar-refractivity contribution is -0.384. The van der Waals surface area contributed by atoms with E-state index in [0.717, 1.165) is 6.07 Å². The van der Waals surface area contributed by atoms with Gasteiger partial charge in [-0.25, -0.2) is 4.79 Å². The van der Waals surface area contributed by atoms with Gasteiger partial charge in [0, 0.05) is 24.4 Å². The molecule has 0 aromatic heterocycles. The molecule has 28 heavy (non-hydrogen) atoms. The number of nitro benzene ring substituents is 1. The van der Waals surface area contributed by atoms with Crippen LogP contribution >= 0.6 is 0 Å². The highest BCUT2D eigenvalue weighted by atomic mass is 16.6. The number of carbonyl (C=O) groups is 3. The number of ether oxygens (including phenoxy) is 1. The van der Waals surface area contributed by atoms with Crippen molar-refractivity contribution in [2.45, 2.75) is 20.0 Å². The molecule has 0 aliphatic rings. The van der Waals surface area contributed by atoms with Crippen LogP contribution in [-0.2, 0) is 9.53 Å². The molecule has 0 aliphatic carbocycles. The molecule has 0 unspecified atom stereocenters. The predicted octanol–water partition coefficient (Wildman–Crippen LogP) is 3.02. The van der Waals surface area contributed by atoms with Crippen LogP contribution in [0.15, 0.2) is 42.5 Å². The van der Waals surface area contributed by atoms with Crippen LogP contribution in [0.5, 0.6) is 0 Å². The van der Waals surface area contributed by atoms with Crippen molar-refractivity contribution in [1.82, 2.24) is 0 Å². The second-order valence-corrected chi connectivity index (χ2v) is 5.91. The number of amides is 1. The Bertz CT molecular complexity index is 941. The van der Waals surface area contributed by atoms with Gasteiger partial charge in [-0.2, -0.15) is 0 Å². The number of esters is 1. The first-order chi connectivity index (χ1) is 13.2. The highest BCUT2D eigenvalue weighted by Gasteiger charge is 2.22. The highest BCUT2D eigenvalue weighted by Crippen LogP contribution is 2.25. The van der Waals surface area contributed by atoms with Gasteiger partial charge in [0.25, 0.3) is 11.6 Å². The number of ketones is 1. The van der Waals surface area contributed by atoms with Crippen LogP contribution in [0.1, 0.15) is 34.6 Å². The van der Waals surface area contributed by atoms with Gasteiger partial charge in [0.05, 0.1) is 10.5 Å². The fourth-order valence-corrected chi connectivity index (χ4v) is 2.36. The summed E-state index contributed by atoms with van der Waals surface area (Å²) in [5, 5.41) is 16.3. The molecule has 0 saturated carbocycles. The van der Waals surface area contributed by atoms with E-state index in [1.165, 1.54) is 39.1 Å². The Labute approximate surface area is 160 Å². The van der Waals surface area contributed by atoms with Gasteiger partial charge < -0.3 is 15.4 Å². The van der Waals surface area contributed by atoms with Gasteiger partial charge in [0.2, 0.25) is 0 Å². The van der Waals surface area contributed by atoms with E-state index >= 15 is 0 Å². The van der Waals surface area contributed by atoms with Crippen molar-refractivity contribution in [3.05, 3.63) is 63.7 Å². The molecule has 0 fully saturated rings. The molecule has 0 aliphatic heterocycles. The minimum Gasteiger partial charge on any atom is -0.449 e. The third kappa shape index (κ3) is 4.91. The van der Waals surface area contributed by atoms with Crippen LogP contribution < -0.4 is 10.6 Å². The largest absolute Gasteiger partial charge is 0.449 e. The molecular formula is C19H19N3O6. The van der Waals surface area contributed by atoms with Crippen LogP contribution in [0.2, 0.25) is 0 Å². The Kier molecular flexibility index (Phi) is 6.43. The van der Waals surface area contributed by atoms with E-state index in [0.29, 0.717) is 11.3 Å². The average molecular weight is 385 g/mol. The summed E-state index contributed by atoms with van der Waals surface area (Å²) < 4.78 is 5.10. The van der Waals surface area contributed by atoms with Crippen LogP contribution in [0, 0.1) is 10.1 Å². The highest BCUT2D eigenvalue weighted by molar-refractivity contribution is 5.99. The van der Waals surface area contributed by atoms with Gasteiger partial charge in [-0.05, 0) is 38.1 Å². The normalized spacial score (nSPS) is 11.2. The third-order valence-corrected chi connectivity index (χ3v) is 3.89. The van der Waals surface area contributed by atoms with Crippen LogP contribution in [0.3, 0.4) is 0 Å². The number of hydrogen-bond donors (Lipinski definition) is 2. The van der Waals surface area contributed by atoms with Gasteiger partial charge in [-0.3, -0.25) is 19.7 Å². The Hall–Kier alpha value is -3.75. The first-order valence-corrected chi connectivity index (χ1v) is 8.32. The Morgan fingerprint density at radius 1 is 1.11 bits per heavy atom. The number of nitro groups is 1. The second-order valence-electron chi connectivity index (χ2n) is 5.91. The summed E-state index contributed by atoms with van der Waals surface area (Å²) in [6, 6.07) is 10.2. The molecule has 2 rings (SSSR count). The number of anilines is 2. The minimum atomic E-state index is -1.16. The van der Waals surface area contributed by atoms with Crippen LogP contribution in [-0.4, -0.2) is 35.7 Å². The van der Waals surface area contributed by atoms with Gasteiger partial charge in [0.15, 0.2) is 11.9 Å². The first-order valence-electron chi connectivity index (χ1n) is 8.32. The van der Waals surface area contributed by atoms with Crippen LogP contribution in [0.4, 0.5) is 17.1 Å². The van der Waals surface area contributed by atoms with E-state index in [1.807, 2.05) is 0 Å². The molecule has 9 nitrogen and oxygen atoms in total. The Morgan fingerprint density at radius 2 is 1.82 bits per heavy atom. The quantitative estimate of drug-likeness (QED) is 0.324. The van der Waals surface area contributed by atoms with Gasteiger partial charge >= 0.3 is 5.97 Å². The molecule has 146 valence electrons. The topological polar surface area (TPSA) is 128 Å². The summed E-state index contributed by atoms with van der Waals surface area (Å²) in [5.74, 6) is -1.62. The van der Waals surface area contributed by atoms with Crippen molar-refractivity contribution in [1.29, 1.82) is 0 Å². The fraction of sp³-hybridized carbons (Fsp3) is 0.211. The molecular weight excluding hydrogens is 366 g/mol. The maximum absolute atomic E-state index is 12.2. The summed E-state index contributed by atoms with van der Waals surface area (Å²) in [7, 11) is 1.52. The fourth-order valence-electron chi connectivity index (χ4n) is 2.36. The van der Waals surface area contributed by atoms with E-state index in [1.54, 1.807) is 18.2 Å². The zero-order chi connectivity index (χ0) is 20.8. The summed E-state index contributed by atoms with van der Waals surface area (Å²) in [5.41, 5.74) is 0.728. The maximum atomic E-state index is 12.2.